The normalized spacial score (nSPS) is 10.5. The highest BCUT2D eigenvalue weighted by atomic mass is 79.9. The molecular weight excluding hydrogens is 350 g/mol. The molecule has 0 aliphatic heterocycles. The lowest BCUT2D eigenvalue weighted by molar-refractivity contribution is 0.0752. The monoisotopic (exact) mass is 365 g/mol. The van der Waals surface area contributed by atoms with Gasteiger partial charge >= 0.3 is 0 Å². The standard InChI is InChI=1S/C17H17BrClNO/c1-3-20(11-13-7-4-6-12(2)10-13)17(21)14-8-5-9-15(18)16(14)19/h4-10H,3,11H2,1-2H3. The van der Waals surface area contributed by atoms with Crippen LogP contribution in [0.1, 0.15) is 28.4 Å². The molecule has 0 radical (unpaired) electrons. The minimum Gasteiger partial charge on any atom is -0.335 e. The molecule has 0 N–H and O–H groups in total. The quantitative estimate of drug-likeness (QED) is 0.739. The van der Waals surface area contributed by atoms with E-state index in [-0.39, 0.29) is 5.91 Å². The maximum Gasteiger partial charge on any atom is 0.255 e. The number of halogens is 2. The van der Waals surface area contributed by atoms with Crippen LogP contribution in [0.3, 0.4) is 0 Å². The van der Waals surface area contributed by atoms with E-state index in [9.17, 15) is 4.79 Å². The fourth-order valence-corrected chi connectivity index (χ4v) is 2.77. The zero-order valence-electron chi connectivity index (χ0n) is 12.1. The van der Waals surface area contributed by atoms with Gasteiger partial charge in [-0.1, -0.05) is 47.5 Å². The lowest BCUT2D eigenvalue weighted by Gasteiger charge is -2.22. The number of nitrogens with zero attached hydrogens (tertiary/aromatic N) is 1. The van der Waals surface area contributed by atoms with Crippen LogP contribution >= 0.6 is 27.5 Å². The first kappa shape index (κ1) is 16.1. The number of carbonyl (C=O) groups excluding carboxylic acids is 1. The van der Waals surface area contributed by atoms with Gasteiger partial charge in [-0.2, -0.15) is 0 Å². The SMILES string of the molecule is CCN(Cc1cccc(C)c1)C(=O)c1cccc(Br)c1Cl. The zero-order valence-corrected chi connectivity index (χ0v) is 14.4. The van der Waals surface area contributed by atoms with Gasteiger partial charge in [-0.3, -0.25) is 4.79 Å². The van der Waals surface area contributed by atoms with Gasteiger partial charge in [-0.25, -0.2) is 0 Å². The minimum atomic E-state index is -0.0506. The van der Waals surface area contributed by atoms with E-state index in [1.54, 1.807) is 11.0 Å². The molecule has 0 saturated carbocycles. The fourth-order valence-electron chi connectivity index (χ4n) is 2.20. The maximum atomic E-state index is 12.7. The minimum absolute atomic E-state index is 0.0506. The first-order valence-corrected chi connectivity index (χ1v) is 7.99. The van der Waals surface area contributed by atoms with Gasteiger partial charge in [-0.05, 0) is 47.5 Å². The lowest BCUT2D eigenvalue weighted by Crippen LogP contribution is -2.30. The summed E-state index contributed by atoms with van der Waals surface area (Å²) in [5.41, 5.74) is 2.84. The fraction of sp³-hybridized carbons (Fsp3) is 0.235. The molecule has 4 heteroatoms. The molecule has 0 heterocycles. The van der Waals surface area contributed by atoms with Crippen molar-refractivity contribution in [1.29, 1.82) is 0 Å². The molecule has 2 aromatic rings. The molecule has 0 fully saturated rings. The average molecular weight is 367 g/mol. The number of rotatable bonds is 4. The summed E-state index contributed by atoms with van der Waals surface area (Å²) in [7, 11) is 0. The Morgan fingerprint density at radius 1 is 1.24 bits per heavy atom. The molecule has 0 spiro atoms. The first-order valence-electron chi connectivity index (χ1n) is 6.81. The third kappa shape index (κ3) is 3.86. The summed E-state index contributed by atoms with van der Waals surface area (Å²) < 4.78 is 0.738. The topological polar surface area (TPSA) is 20.3 Å². The summed E-state index contributed by atoms with van der Waals surface area (Å²) >= 11 is 9.58. The van der Waals surface area contributed by atoms with Crippen LogP contribution in [-0.2, 0) is 6.54 Å². The smallest absolute Gasteiger partial charge is 0.255 e. The van der Waals surface area contributed by atoms with Crippen molar-refractivity contribution in [2.24, 2.45) is 0 Å². The van der Waals surface area contributed by atoms with Gasteiger partial charge in [0.1, 0.15) is 0 Å². The summed E-state index contributed by atoms with van der Waals surface area (Å²) in [6, 6.07) is 13.6. The zero-order chi connectivity index (χ0) is 15.4. The van der Waals surface area contributed by atoms with Crippen LogP contribution in [-0.4, -0.2) is 17.4 Å². The summed E-state index contributed by atoms with van der Waals surface area (Å²) in [5.74, 6) is -0.0506. The van der Waals surface area contributed by atoms with Gasteiger partial charge in [0.15, 0.2) is 0 Å². The highest BCUT2D eigenvalue weighted by Gasteiger charge is 2.18. The van der Waals surface area contributed by atoms with E-state index in [4.69, 9.17) is 11.6 Å². The van der Waals surface area contributed by atoms with Gasteiger partial charge < -0.3 is 4.90 Å². The van der Waals surface area contributed by atoms with Crippen LogP contribution in [0.15, 0.2) is 46.9 Å². The average Bonchev–Trinajstić information content (AvgIpc) is 2.47. The molecule has 0 aliphatic rings. The molecular formula is C17H17BrClNO. The van der Waals surface area contributed by atoms with Gasteiger partial charge in [0.05, 0.1) is 10.6 Å². The Morgan fingerprint density at radius 3 is 2.62 bits per heavy atom. The highest BCUT2D eigenvalue weighted by molar-refractivity contribution is 9.10. The van der Waals surface area contributed by atoms with Crippen LogP contribution in [0.2, 0.25) is 5.02 Å². The Morgan fingerprint density at radius 2 is 1.95 bits per heavy atom. The molecule has 0 aliphatic carbocycles. The summed E-state index contributed by atoms with van der Waals surface area (Å²) in [6.45, 7) is 5.24. The van der Waals surface area contributed by atoms with Crippen LogP contribution in [0.25, 0.3) is 0 Å². The van der Waals surface area contributed by atoms with Crippen molar-refractivity contribution in [3.63, 3.8) is 0 Å². The number of aryl methyl sites for hydroxylation is 1. The Hall–Kier alpha value is -1.32. The Balaban J connectivity index is 2.25. The molecule has 110 valence electrons. The van der Waals surface area contributed by atoms with Crippen molar-refractivity contribution in [2.75, 3.05) is 6.54 Å². The molecule has 2 nitrogen and oxygen atoms in total. The van der Waals surface area contributed by atoms with Crippen molar-refractivity contribution in [1.82, 2.24) is 4.90 Å². The summed E-state index contributed by atoms with van der Waals surface area (Å²) in [6.07, 6.45) is 0. The lowest BCUT2D eigenvalue weighted by atomic mass is 10.1. The second kappa shape index (κ2) is 7.10. The molecule has 2 rings (SSSR count). The van der Waals surface area contributed by atoms with Crippen LogP contribution in [0.4, 0.5) is 0 Å². The molecule has 0 aromatic heterocycles. The molecule has 0 unspecified atom stereocenters. The van der Waals surface area contributed by atoms with E-state index >= 15 is 0 Å². The van der Waals surface area contributed by atoms with Gasteiger partial charge in [0, 0.05) is 17.6 Å². The second-order valence-corrected chi connectivity index (χ2v) is 6.14. The summed E-state index contributed by atoms with van der Waals surface area (Å²) in [4.78, 5) is 14.5. The van der Waals surface area contributed by atoms with Crippen LogP contribution < -0.4 is 0 Å². The Bertz CT molecular complexity index is 657. The predicted molar refractivity (Wildman–Crippen MR) is 90.7 cm³/mol. The number of hydrogen-bond acceptors (Lipinski definition) is 1. The van der Waals surface area contributed by atoms with Gasteiger partial charge in [-0.15, -0.1) is 0 Å². The number of amides is 1. The molecule has 0 saturated heterocycles. The number of hydrogen-bond donors (Lipinski definition) is 0. The molecule has 0 bridgehead atoms. The van der Waals surface area contributed by atoms with E-state index in [0.717, 1.165) is 10.0 Å². The van der Waals surface area contributed by atoms with E-state index in [2.05, 4.69) is 22.0 Å². The van der Waals surface area contributed by atoms with E-state index < -0.39 is 0 Å². The van der Waals surface area contributed by atoms with Crippen molar-refractivity contribution in [2.45, 2.75) is 20.4 Å². The van der Waals surface area contributed by atoms with Gasteiger partial charge in [0.25, 0.3) is 5.91 Å². The maximum absolute atomic E-state index is 12.7. The molecule has 21 heavy (non-hydrogen) atoms. The third-order valence-electron chi connectivity index (χ3n) is 3.31. The predicted octanol–water partition coefficient (Wildman–Crippen LogP) is 5.07. The van der Waals surface area contributed by atoms with Crippen molar-refractivity contribution in [3.8, 4) is 0 Å². The molecule has 0 atom stereocenters. The van der Waals surface area contributed by atoms with E-state index in [1.807, 2.05) is 44.2 Å². The number of benzene rings is 2. The second-order valence-electron chi connectivity index (χ2n) is 4.91. The molecule has 2 aromatic carbocycles. The van der Waals surface area contributed by atoms with Crippen LogP contribution in [0.5, 0.6) is 0 Å². The van der Waals surface area contributed by atoms with Gasteiger partial charge in [0.2, 0.25) is 0 Å². The van der Waals surface area contributed by atoms with Crippen molar-refractivity contribution < 1.29 is 4.79 Å². The number of carbonyl (C=O) groups is 1. The highest BCUT2D eigenvalue weighted by Crippen LogP contribution is 2.27. The van der Waals surface area contributed by atoms with Crippen LogP contribution in [0, 0.1) is 6.92 Å². The Labute approximate surface area is 138 Å². The largest absolute Gasteiger partial charge is 0.335 e. The molecule has 1 amide bonds. The van der Waals surface area contributed by atoms with E-state index in [1.165, 1.54) is 5.56 Å². The van der Waals surface area contributed by atoms with E-state index in [0.29, 0.717) is 23.7 Å². The Kier molecular flexibility index (Phi) is 5.43. The summed E-state index contributed by atoms with van der Waals surface area (Å²) in [5, 5.41) is 0.463. The van der Waals surface area contributed by atoms with Crippen molar-refractivity contribution in [3.05, 3.63) is 68.7 Å². The third-order valence-corrected chi connectivity index (χ3v) is 4.60. The first-order chi connectivity index (χ1) is 10.0. The van der Waals surface area contributed by atoms with Crippen molar-refractivity contribution >= 4 is 33.4 Å².